The maximum Gasteiger partial charge on any atom is 0.255 e. The fourth-order valence-corrected chi connectivity index (χ4v) is 8.32. The molecule has 4 aromatic rings. The first-order valence-corrected chi connectivity index (χ1v) is 18.6. The van der Waals surface area contributed by atoms with Crippen LogP contribution in [-0.2, 0) is 10.8 Å². The van der Waals surface area contributed by atoms with Gasteiger partial charge in [0.1, 0.15) is 6.07 Å². The summed E-state index contributed by atoms with van der Waals surface area (Å²) >= 11 is 14.2. The number of carbonyl (C=O) groups excluding carboxylic acids is 1. The van der Waals surface area contributed by atoms with Gasteiger partial charge in [-0.15, -0.1) is 11.8 Å². The summed E-state index contributed by atoms with van der Waals surface area (Å²) in [6.45, 7) is 3.29. The van der Waals surface area contributed by atoms with Crippen molar-refractivity contribution >= 4 is 62.4 Å². The van der Waals surface area contributed by atoms with Gasteiger partial charge in [0, 0.05) is 35.6 Å². The topological polar surface area (TPSA) is 64.4 Å². The van der Waals surface area contributed by atoms with E-state index in [9.17, 15) is 14.3 Å². The highest BCUT2D eigenvalue weighted by Gasteiger charge is 2.27. The molecule has 5 rings (SSSR count). The summed E-state index contributed by atoms with van der Waals surface area (Å²) in [6, 6.07) is 25.8. The predicted octanol–water partition coefficient (Wildman–Crippen LogP) is 8.60. The maximum absolute atomic E-state index is 14.2. The number of fused-ring (bicyclic) bond motifs is 1. The van der Waals surface area contributed by atoms with Crippen LogP contribution in [0.2, 0.25) is 10.0 Å². The highest BCUT2D eigenvalue weighted by Crippen LogP contribution is 2.35. The molecule has 1 saturated heterocycles. The summed E-state index contributed by atoms with van der Waals surface area (Å²) in [5.41, 5.74) is 3.33. The van der Waals surface area contributed by atoms with Crippen molar-refractivity contribution in [3.05, 3.63) is 105 Å². The second-order valence-corrected chi connectivity index (χ2v) is 14.6. The number of rotatable bonds is 10. The molecule has 4 aromatic carbocycles. The minimum Gasteiger partial charge on any atom is -0.341 e. The third-order valence-electron chi connectivity index (χ3n) is 8.85. The van der Waals surface area contributed by atoms with E-state index in [0.717, 1.165) is 60.1 Å². The fourth-order valence-electron chi connectivity index (χ4n) is 6.46. The van der Waals surface area contributed by atoms with Crippen LogP contribution in [0.25, 0.3) is 10.8 Å². The Morgan fingerprint density at radius 1 is 1.07 bits per heavy atom. The van der Waals surface area contributed by atoms with E-state index in [1.54, 1.807) is 11.2 Å². The Kier molecular flexibility index (Phi) is 11.3. The molecular weight excluding hydrogens is 641 g/mol. The molecule has 0 radical (unpaired) electrons. The summed E-state index contributed by atoms with van der Waals surface area (Å²) in [7, 11) is 0.834. The quantitative estimate of drug-likeness (QED) is 0.157. The van der Waals surface area contributed by atoms with Crippen LogP contribution in [0, 0.1) is 11.3 Å². The van der Waals surface area contributed by atoms with E-state index in [-0.39, 0.29) is 11.8 Å². The first kappa shape index (κ1) is 33.5. The highest BCUT2D eigenvalue weighted by atomic mass is 35.5. The molecule has 0 bridgehead atoms. The molecular formula is C36H37Cl2N3O2S2. The predicted molar refractivity (Wildman–Crippen MR) is 188 cm³/mol. The molecule has 0 aliphatic carbocycles. The Morgan fingerprint density at radius 3 is 2.47 bits per heavy atom. The van der Waals surface area contributed by atoms with Gasteiger partial charge in [-0.1, -0.05) is 71.7 Å². The molecule has 2 atom stereocenters. The Morgan fingerprint density at radius 2 is 1.78 bits per heavy atom. The van der Waals surface area contributed by atoms with E-state index >= 15 is 0 Å². The van der Waals surface area contributed by atoms with Crippen LogP contribution in [-0.4, -0.2) is 65.7 Å². The lowest BCUT2D eigenvalue weighted by molar-refractivity contribution is 0.0780. The first-order valence-electron chi connectivity index (χ1n) is 15.1. The lowest BCUT2D eigenvalue weighted by atomic mass is 9.88. The lowest BCUT2D eigenvalue weighted by Crippen LogP contribution is -2.36. The van der Waals surface area contributed by atoms with Gasteiger partial charge in [-0.05, 0) is 97.2 Å². The SMILES string of the molecule is CSc1c(C#N)cc2ccccc2c1C(=O)N(C)C[C@@H](CCN1CCC(c2ccccc2[S@](C)=O)CC1)c1ccc(Cl)c(Cl)c1. The molecule has 1 aliphatic rings. The average molecular weight is 679 g/mol. The second-order valence-electron chi connectivity index (χ2n) is 11.6. The van der Waals surface area contributed by atoms with Crippen LogP contribution in [0.4, 0.5) is 0 Å². The van der Waals surface area contributed by atoms with Gasteiger partial charge >= 0.3 is 0 Å². The van der Waals surface area contributed by atoms with E-state index in [2.05, 4.69) is 17.0 Å². The molecule has 9 heteroatoms. The number of hydrogen-bond donors (Lipinski definition) is 0. The standard InChI is InChI=1S/C36H37Cl2N3O2S2/c1-40(36(42)34-30-10-5-4-8-26(30)20-28(22-39)35(34)44-2)23-27(25-12-13-31(37)32(38)21-25)16-19-41-17-14-24(15-18-41)29-9-6-7-11-33(29)45(3)43/h4-13,20-21,24,27H,14-19,23H2,1-3H3/t27-,45+/m1/s1. The number of thioether (sulfide) groups is 1. The number of benzene rings is 4. The Labute approximate surface area is 283 Å². The van der Waals surface area contributed by atoms with E-state index in [0.29, 0.717) is 38.5 Å². The lowest BCUT2D eigenvalue weighted by Gasteiger charge is -2.34. The molecule has 234 valence electrons. The highest BCUT2D eigenvalue weighted by molar-refractivity contribution is 7.98. The Balaban J connectivity index is 1.35. The van der Waals surface area contributed by atoms with Gasteiger partial charge in [-0.25, -0.2) is 0 Å². The molecule has 0 N–H and O–H groups in total. The number of piperidine rings is 1. The van der Waals surface area contributed by atoms with Gasteiger partial charge in [-0.3, -0.25) is 9.00 Å². The van der Waals surface area contributed by atoms with Gasteiger partial charge in [0.2, 0.25) is 0 Å². The van der Waals surface area contributed by atoms with E-state index in [1.165, 1.54) is 17.3 Å². The van der Waals surface area contributed by atoms with Gasteiger partial charge in [0.05, 0.1) is 32.0 Å². The van der Waals surface area contributed by atoms with Gasteiger partial charge in [0.25, 0.3) is 5.91 Å². The van der Waals surface area contributed by atoms with E-state index in [4.69, 9.17) is 23.2 Å². The second kappa shape index (κ2) is 15.2. The van der Waals surface area contributed by atoms with Crippen molar-refractivity contribution in [3.63, 3.8) is 0 Å². The Bertz CT molecular complexity index is 1770. The molecule has 1 amide bonds. The smallest absolute Gasteiger partial charge is 0.255 e. The normalized spacial score (nSPS) is 15.5. The molecule has 1 fully saturated rings. The summed E-state index contributed by atoms with van der Waals surface area (Å²) in [4.78, 5) is 20.1. The van der Waals surface area contributed by atoms with Gasteiger partial charge in [0.15, 0.2) is 0 Å². The van der Waals surface area contributed by atoms with Crippen LogP contribution in [0.15, 0.2) is 82.6 Å². The average Bonchev–Trinajstić information content (AvgIpc) is 3.06. The molecule has 0 saturated carbocycles. The number of likely N-dealkylation sites (tertiary alicyclic amines) is 1. The zero-order valence-electron chi connectivity index (χ0n) is 25.8. The van der Waals surface area contributed by atoms with Crippen LogP contribution >= 0.6 is 35.0 Å². The minimum absolute atomic E-state index is 0.0258. The molecule has 1 aliphatic heterocycles. The van der Waals surface area contributed by atoms with Crippen LogP contribution < -0.4 is 0 Å². The monoisotopic (exact) mass is 677 g/mol. The number of nitriles is 1. The number of amides is 1. The third-order valence-corrected chi connectivity index (χ3v) is 11.4. The maximum atomic E-state index is 14.2. The molecule has 1 heterocycles. The summed E-state index contributed by atoms with van der Waals surface area (Å²) in [5.74, 6) is 0.323. The number of nitrogens with zero attached hydrogens (tertiary/aromatic N) is 3. The number of halogens is 2. The first-order chi connectivity index (χ1) is 21.7. The van der Waals surface area contributed by atoms with Crippen molar-refractivity contribution in [3.8, 4) is 6.07 Å². The van der Waals surface area contributed by atoms with E-state index in [1.807, 2.05) is 80.0 Å². The van der Waals surface area contributed by atoms with E-state index < -0.39 is 10.8 Å². The molecule has 5 nitrogen and oxygen atoms in total. The fraction of sp³-hybridized carbons (Fsp3) is 0.333. The van der Waals surface area contributed by atoms with Crippen molar-refractivity contribution in [2.24, 2.45) is 0 Å². The van der Waals surface area contributed by atoms with Crippen molar-refractivity contribution in [1.82, 2.24) is 9.80 Å². The van der Waals surface area contributed by atoms with Crippen molar-refractivity contribution in [1.29, 1.82) is 5.26 Å². The van der Waals surface area contributed by atoms with Gasteiger partial charge in [-0.2, -0.15) is 5.26 Å². The van der Waals surface area contributed by atoms with Crippen LogP contribution in [0.3, 0.4) is 0 Å². The van der Waals surface area contributed by atoms with Crippen molar-refractivity contribution in [2.45, 2.75) is 40.9 Å². The largest absolute Gasteiger partial charge is 0.341 e. The number of hydrogen-bond acceptors (Lipinski definition) is 5. The van der Waals surface area contributed by atoms with Crippen molar-refractivity contribution < 1.29 is 9.00 Å². The Hall–Kier alpha value is -2.86. The third kappa shape index (κ3) is 7.59. The summed E-state index contributed by atoms with van der Waals surface area (Å²) in [5, 5.41) is 12.6. The summed E-state index contributed by atoms with van der Waals surface area (Å²) < 4.78 is 12.3. The summed E-state index contributed by atoms with van der Waals surface area (Å²) in [6.07, 6.45) is 6.53. The van der Waals surface area contributed by atoms with Crippen LogP contribution in [0.5, 0.6) is 0 Å². The van der Waals surface area contributed by atoms with Crippen LogP contribution in [0.1, 0.15) is 58.1 Å². The molecule has 45 heavy (non-hydrogen) atoms. The van der Waals surface area contributed by atoms with Gasteiger partial charge < -0.3 is 9.80 Å². The number of likely N-dealkylation sites (N-methyl/N-ethyl adjacent to an activating group) is 1. The van der Waals surface area contributed by atoms with Crippen molar-refractivity contribution in [2.75, 3.05) is 45.7 Å². The zero-order valence-corrected chi connectivity index (χ0v) is 28.9. The molecule has 0 spiro atoms. The molecule has 0 unspecified atom stereocenters. The molecule has 0 aromatic heterocycles. The zero-order chi connectivity index (χ0) is 32.1. The minimum atomic E-state index is -1.00. The number of carbonyl (C=O) groups is 1.